The van der Waals surface area contributed by atoms with Crippen molar-refractivity contribution in [2.75, 3.05) is 13.7 Å². The fourth-order valence-electron chi connectivity index (χ4n) is 1.94. The van der Waals surface area contributed by atoms with Gasteiger partial charge in [0, 0.05) is 23.6 Å². The van der Waals surface area contributed by atoms with E-state index in [1.807, 2.05) is 24.3 Å². The number of carbonyl (C=O) groups excluding carboxylic acids is 2. The average Bonchev–Trinajstić information content (AvgIpc) is 2.55. The summed E-state index contributed by atoms with van der Waals surface area (Å²) in [6.45, 7) is 0.418. The normalized spacial score (nSPS) is 10.2. The molecule has 0 aliphatic rings. The van der Waals surface area contributed by atoms with Gasteiger partial charge in [0.25, 0.3) is 5.91 Å². The fraction of sp³-hybridized carbons (Fsp3) is 0.176. The number of carbonyl (C=O) groups is 2. The predicted octanol–water partition coefficient (Wildman–Crippen LogP) is 2.59. The Morgan fingerprint density at radius 1 is 1.13 bits per heavy atom. The van der Waals surface area contributed by atoms with E-state index in [-0.39, 0.29) is 12.5 Å². The second-order valence-electron chi connectivity index (χ2n) is 5.02. The smallest absolute Gasteiger partial charge is 0.260 e. The van der Waals surface area contributed by atoms with Crippen molar-refractivity contribution in [3.8, 4) is 5.75 Å². The molecule has 0 fully saturated rings. The van der Waals surface area contributed by atoms with Gasteiger partial charge in [0.15, 0.2) is 6.61 Å². The van der Waals surface area contributed by atoms with Gasteiger partial charge in [-0.15, -0.1) is 0 Å². The number of rotatable bonds is 6. The highest BCUT2D eigenvalue weighted by Crippen LogP contribution is 2.17. The largest absolute Gasteiger partial charge is 0.484 e. The lowest BCUT2D eigenvalue weighted by molar-refractivity contribution is -0.132. The van der Waals surface area contributed by atoms with Crippen LogP contribution >= 0.6 is 15.9 Å². The van der Waals surface area contributed by atoms with Crippen LogP contribution in [0.5, 0.6) is 5.75 Å². The van der Waals surface area contributed by atoms with Crippen LogP contribution in [0.3, 0.4) is 0 Å². The highest BCUT2D eigenvalue weighted by atomic mass is 79.9. The lowest BCUT2D eigenvalue weighted by Gasteiger charge is -2.18. The van der Waals surface area contributed by atoms with E-state index < -0.39 is 5.91 Å². The molecule has 2 aromatic rings. The van der Waals surface area contributed by atoms with E-state index in [9.17, 15) is 9.59 Å². The number of nitrogens with two attached hydrogens (primary N) is 1. The van der Waals surface area contributed by atoms with Crippen molar-refractivity contribution in [3.05, 3.63) is 64.1 Å². The standard InChI is InChI=1S/C17H17BrN2O3/c1-20(10-13-4-2-3-5-15(13)18)16(21)11-23-14-8-6-12(7-9-14)17(19)22/h2-9H,10-11H2,1H3,(H2,19,22). The Hall–Kier alpha value is -2.34. The van der Waals surface area contributed by atoms with E-state index in [1.165, 1.54) is 0 Å². The zero-order valence-corrected chi connectivity index (χ0v) is 14.2. The Morgan fingerprint density at radius 3 is 2.39 bits per heavy atom. The van der Waals surface area contributed by atoms with Crippen LogP contribution in [-0.4, -0.2) is 30.4 Å². The minimum atomic E-state index is -0.499. The summed E-state index contributed by atoms with van der Waals surface area (Å²) >= 11 is 3.46. The first kappa shape index (κ1) is 17.0. The van der Waals surface area contributed by atoms with Gasteiger partial charge in [0.05, 0.1) is 0 Å². The first-order valence-electron chi connectivity index (χ1n) is 6.97. The van der Waals surface area contributed by atoms with Gasteiger partial charge in [-0.05, 0) is 35.9 Å². The Labute approximate surface area is 143 Å². The SMILES string of the molecule is CN(Cc1ccccc1Br)C(=O)COc1ccc(C(N)=O)cc1. The molecule has 0 bridgehead atoms. The average molecular weight is 377 g/mol. The van der Waals surface area contributed by atoms with E-state index in [2.05, 4.69) is 15.9 Å². The molecule has 0 aromatic heterocycles. The predicted molar refractivity (Wildman–Crippen MR) is 91.1 cm³/mol. The van der Waals surface area contributed by atoms with Crippen LogP contribution in [0.4, 0.5) is 0 Å². The molecule has 0 spiro atoms. The molecule has 2 rings (SSSR count). The molecule has 0 saturated carbocycles. The van der Waals surface area contributed by atoms with Crippen LogP contribution in [0.1, 0.15) is 15.9 Å². The first-order valence-corrected chi connectivity index (χ1v) is 7.76. The number of halogens is 1. The molecule has 120 valence electrons. The molecule has 2 N–H and O–H groups in total. The minimum absolute atomic E-state index is 0.0725. The zero-order valence-electron chi connectivity index (χ0n) is 12.7. The number of nitrogens with zero attached hydrogens (tertiary/aromatic N) is 1. The van der Waals surface area contributed by atoms with Crippen LogP contribution in [0.15, 0.2) is 53.0 Å². The Morgan fingerprint density at radius 2 is 1.78 bits per heavy atom. The second-order valence-corrected chi connectivity index (χ2v) is 5.87. The maximum atomic E-state index is 12.1. The van der Waals surface area contributed by atoms with Gasteiger partial charge < -0.3 is 15.4 Å². The molecule has 0 saturated heterocycles. The van der Waals surface area contributed by atoms with Crippen molar-refractivity contribution in [3.63, 3.8) is 0 Å². The van der Waals surface area contributed by atoms with E-state index in [0.717, 1.165) is 10.0 Å². The van der Waals surface area contributed by atoms with Crippen molar-refractivity contribution < 1.29 is 14.3 Å². The molecule has 2 amide bonds. The van der Waals surface area contributed by atoms with Gasteiger partial charge in [-0.1, -0.05) is 34.1 Å². The van der Waals surface area contributed by atoms with Crippen LogP contribution < -0.4 is 10.5 Å². The minimum Gasteiger partial charge on any atom is -0.484 e. The molecule has 5 nitrogen and oxygen atoms in total. The number of hydrogen-bond acceptors (Lipinski definition) is 3. The number of primary amides is 1. The summed E-state index contributed by atoms with van der Waals surface area (Å²) < 4.78 is 6.40. The zero-order chi connectivity index (χ0) is 16.8. The van der Waals surface area contributed by atoms with Gasteiger partial charge >= 0.3 is 0 Å². The molecule has 0 radical (unpaired) electrons. The van der Waals surface area contributed by atoms with Gasteiger partial charge in [0.2, 0.25) is 5.91 Å². The Bertz CT molecular complexity index is 701. The molecule has 0 aliphatic heterocycles. The van der Waals surface area contributed by atoms with Crippen LogP contribution in [0, 0.1) is 0 Å². The summed E-state index contributed by atoms with van der Waals surface area (Å²) in [5.74, 6) is -0.127. The molecule has 0 heterocycles. The van der Waals surface area contributed by atoms with E-state index in [0.29, 0.717) is 17.9 Å². The highest BCUT2D eigenvalue weighted by Gasteiger charge is 2.11. The van der Waals surface area contributed by atoms with Gasteiger partial charge in [-0.2, -0.15) is 0 Å². The summed E-state index contributed by atoms with van der Waals surface area (Å²) in [5.41, 5.74) is 6.59. The lowest BCUT2D eigenvalue weighted by Crippen LogP contribution is -2.31. The van der Waals surface area contributed by atoms with E-state index in [1.54, 1.807) is 36.2 Å². The van der Waals surface area contributed by atoms with E-state index in [4.69, 9.17) is 10.5 Å². The maximum absolute atomic E-state index is 12.1. The van der Waals surface area contributed by atoms with Gasteiger partial charge in [-0.3, -0.25) is 9.59 Å². The molecular weight excluding hydrogens is 360 g/mol. The van der Waals surface area contributed by atoms with Crippen molar-refractivity contribution in [2.24, 2.45) is 5.73 Å². The third-order valence-corrected chi connectivity index (χ3v) is 4.07. The van der Waals surface area contributed by atoms with E-state index >= 15 is 0 Å². The number of ether oxygens (including phenoxy) is 1. The lowest BCUT2D eigenvalue weighted by atomic mass is 10.2. The Balaban J connectivity index is 1.89. The van der Waals surface area contributed by atoms with Crippen molar-refractivity contribution in [2.45, 2.75) is 6.54 Å². The quantitative estimate of drug-likeness (QED) is 0.841. The topological polar surface area (TPSA) is 72.6 Å². The molecule has 23 heavy (non-hydrogen) atoms. The fourth-order valence-corrected chi connectivity index (χ4v) is 2.35. The van der Waals surface area contributed by atoms with Crippen molar-refractivity contribution in [1.29, 1.82) is 0 Å². The monoisotopic (exact) mass is 376 g/mol. The third kappa shape index (κ3) is 4.82. The molecule has 0 unspecified atom stereocenters. The molecular formula is C17H17BrN2O3. The van der Waals surface area contributed by atoms with Crippen molar-refractivity contribution in [1.82, 2.24) is 4.90 Å². The number of amides is 2. The number of benzene rings is 2. The maximum Gasteiger partial charge on any atom is 0.260 e. The third-order valence-electron chi connectivity index (χ3n) is 3.29. The van der Waals surface area contributed by atoms with Gasteiger partial charge in [-0.25, -0.2) is 0 Å². The number of likely N-dealkylation sites (N-methyl/N-ethyl adjacent to an activating group) is 1. The molecule has 0 atom stereocenters. The summed E-state index contributed by atoms with van der Waals surface area (Å²) in [7, 11) is 1.72. The Kier molecular flexibility index (Phi) is 5.76. The van der Waals surface area contributed by atoms with Crippen LogP contribution in [0.2, 0.25) is 0 Å². The highest BCUT2D eigenvalue weighted by molar-refractivity contribution is 9.10. The summed E-state index contributed by atoms with van der Waals surface area (Å²) in [6.07, 6.45) is 0. The van der Waals surface area contributed by atoms with Crippen molar-refractivity contribution >= 4 is 27.7 Å². The summed E-state index contributed by atoms with van der Waals surface area (Å²) in [6, 6.07) is 14.1. The van der Waals surface area contributed by atoms with Gasteiger partial charge in [0.1, 0.15) is 5.75 Å². The number of hydrogen-bond donors (Lipinski definition) is 1. The summed E-state index contributed by atoms with van der Waals surface area (Å²) in [4.78, 5) is 24.7. The van der Waals surface area contributed by atoms with Crippen LogP contribution in [-0.2, 0) is 11.3 Å². The molecule has 6 heteroatoms. The van der Waals surface area contributed by atoms with Crippen LogP contribution in [0.25, 0.3) is 0 Å². The second kappa shape index (κ2) is 7.78. The first-order chi connectivity index (χ1) is 11.0. The summed E-state index contributed by atoms with van der Waals surface area (Å²) in [5, 5.41) is 0. The molecule has 0 aliphatic carbocycles. The molecule has 2 aromatic carbocycles.